The number of piperidine rings is 1. The van der Waals surface area contributed by atoms with Crippen LogP contribution in [0, 0.1) is 0 Å². The quantitative estimate of drug-likeness (QED) is 0.416. The first-order valence-corrected chi connectivity index (χ1v) is 13.0. The second-order valence-electron chi connectivity index (χ2n) is 10.8. The van der Waals surface area contributed by atoms with Crippen molar-refractivity contribution in [2.45, 2.75) is 95.4 Å². The van der Waals surface area contributed by atoms with Crippen molar-refractivity contribution in [3.8, 4) is 11.3 Å². The number of benzene rings is 1. The third-order valence-corrected chi connectivity index (χ3v) is 7.51. The summed E-state index contributed by atoms with van der Waals surface area (Å²) < 4.78 is 17.2. The van der Waals surface area contributed by atoms with Crippen LogP contribution in [-0.4, -0.2) is 45.9 Å². The SMILES string of the molecule is CC(C)(C)OC(=O)N1[C@@H]2CC[C@H]1C[C@@H](OC(=O)Cc1c(-c3c(Cl)cccc3Cl)noc1C1CC1)C2. The van der Waals surface area contributed by atoms with E-state index in [-0.39, 0.29) is 42.6 Å². The number of halogens is 2. The van der Waals surface area contributed by atoms with Gasteiger partial charge in [-0.05, 0) is 58.6 Å². The van der Waals surface area contributed by atoms with Crippen molar-refractivity contribution < 1.29 is 23.6 Å². The summed E-state index contributed by atoms with van der Waals surface area (Å²) in [6.07, 6.45) is 4.53. The van der Waals surface area contributed by atoms with Crippen LogP contribution in [0.15, 0.2) is 22.7 Å². The minimum atomic E-state index is -0.542. The number of carbonyl (C=O) groups excluding carboxylic acids is 2. The van der Waals surface area contributed by atoms with E-state index in [1.165, 1.54) is 0 Å². The molecule has 0 unspecified atom stereocenters. The highest BCUT2D eigenvalue weighted by Gasteiger charge is 2.46. The number of fused-ring (bicyclic) bond motifs is 2. The van der Waals surface area contributed by atoms with E-state index in [4.69, 9.17) is 37.2 Å². The number of nitrogens with zero attached hydrogens (tertiary/aromatic N) is 2. The van der Waals surface area contributed by atoms with Gasteiger partial charge in [0, 0.05) is 42.0 Å². The van der Waals surface area contributed by atoms with Crippen molar-refractivity contribution in [3.63, 3.8) is 0 Å². The fourth-order valence-electron chi connectivity index (χ4n) is 5.29. The molecular weight excluding hydrogens is 491 g/mol. The summed E-state index contributed by atoms with van der Waals surface area (Å²) in [5, 5.41) is 5.16. The first kappa shape index (κ1) is 24.4. The Morgan fingerprint density at radius 3 is 2.29 bits per heavy atom. The average molecular weight is 521 g/mol. The van der Waals surface area contributed by atoms with Crippen LogP contribution in [0.2, 0.25) is 10.0 Å². The lowest BCUT2D eigenvalue weighted by Gasteiger charge is -2.39. The largest absolute Gasteiger partial charge is 0.462 e. The Labute approximate surface area is 215 Å². The Morgan fingerprint density at radius 2 is 1.71 bits per heavy atom. The fourth-order valence-corrected chi connectivity index (χ4v) is 5.86. The van der Waals surface area contributed by atoms with Crippen LogP contribution in [0.4, 0.5) is 4.79 Å². The zero-order chi connectivity index (χ0) is 24.9. The van der Waals surface area contributed by atoms with E-state index < -0.39 is 5.60 Å². The number of amides is 1. The normalized spacial score (nSPS) is 23.9. The monoisotopic (exact) mass is 520 g/mol. The molecule has 0 radical (unpaired) electrons. The molecule has 2 aromatic rings. The molecule has 188 valence electrons. The zero-order valence-corrected chi connectivity index (χ0v) is 21.7. The van der Waals surface area contributed by atoms with E-state index in [0.29, 0.717) is 45.5 Å². The van der Waals surface area contributed by atoms with Crippen molar-refractivity contribution in [1.29, 1.82) is 0 Å². The maximum Gasteiger partial charge on any atom is 0.410 e. The molecule has 3 aliphatic rings. The minimum absolute atomic E-state index is 0.0245. The van der Waals surface area contributed by atoms with Crippen LogP contribution in [0.5, 0.6) is 0 Å². The van der Waals surface area contributed by atoms with Crippen molar-refractivity contribution in [2.24, 2.45) is 0 Å². The van der Waals surface area contributed by atoms with Gasteiger partial charge in [0.2, 0.25) is 0 Å². The molecule has 3 atom stereocenters. The molecule has 3 heterocycles. The van der Waals surface area contributed by atoms with Crippen LogP contribution >= 0.6 is 23.2 Å². The summed E-state index contributed by atoms with van der Waals surface area (Å²) in [6, 6.07) is 5.30. The molecular formula is C26H30Cl2N2O5. The predicted molar refractivity (Wildman–Crippen MR) is 132 cm³/mol. The van der Waals surface area contributed by atoms with Gasteiger partial charge in [-0.15, -0.1) is 0 Å². The Hall–Kier alpha value is -2.25. The summed E-state index contributed by atoms with van der Waals surface area (Å²) in [5.41, 5.74) is 1.22. The Balaban J connectivity index is 1.29. The van der Waals surface area contributed by atoms with E-state index >= 15 is 0 Å². The molecule has 1 saturated carbocycles. The van der Waals surface area contributed by atoms with Gasteiger partial charge in [0.1, 0.15) is 23.2 Å². The summed E-state index contributed by atoms with van der Waals surface area (Å²) >= 11 is 12.9. The first-order chi connectivity index (χ1) is 16.6. The van der Waals surface area contributed by atoms with Crippen molar-refractivity contribution in [1.82, 2.24) is 10.1 Å². The van der Waals surface area contributed by atoms with Gasteiger partial charge in [0.25, 0.3) is 0 Å². The molecule has 2 bridgehead atoms. The second kappa shape index (κ2) is 9.32. The van der Waals surface area contributed by atoms with Crippen LogP contribution < -0.4 is 0 Å². The third-order valence-electron chi connectivity index (χ3n) is 6.88. The van der Waals surface area contributed by atoms with Gasteiger partial charge in [-0.3, -0.25) is 4.79 Å². The molecule has 1 aromatic carbocycles. The maximum atomic E-state index is 13.1. The number of hydrogen-bond donors (Lipinski definition) is 0. The Morgan fingerprint density at radius 1 is 1.09 bits per heavy atom. The molecule has 9 heteroatoms. The van der Waals surface area contributed by atoms with Crippen LogP contribution in [0.1, 0.15) is 76.5 Å². The van der Waals surface area contributed by atoms with Gasteiger partial charge in [0.15, 0.2) is 0 Å². The van der Waals surface area contributed by atoms with Gasteiger partial charge >= 0.3 is 12.1 Å². The third kappa shape index (κ3) is 5.17. The van der Waals surface area contributed by atoms with Crippen molar-refractivity contribution in [2.75, 3.05) is 0 Å². The van der Waals surface area contributed by atoms with Gasteiger partial charge in [0.05, 0.1) is 16.5 Å². The lowest BCUT2D eigenvalue weighted by Crippen LogP contribution is -2.50. The summed E-state index contributed by atoms with van der Waals surface area (Å²) in [6.45, 7) is 5.60. The molecule has 2 aliphatic heterocycles. The minimum Gasteiger partial charge on any atom is -0.462 e. The number of carbonyl (C=O) groups is 2. The zero-order valence-electron chi connectivity index (χ0n) is 20.2. The predicted octanol–water partition coefficient (Wildman–Crippen LogP) is 6.54. The lowest BCUT2D eigenvalue weighted by molar-refractivity contribution is -0.151. The molecule has 0 spiro atoms. The van der Waals surface area contributed by atoms with Crippen LogP contribution in [-0.2, 0) is 20.7 Å². The molecule has 1 aliphatic carbocycles. The summed E-state index contributed by atoms with van der Waals surface area (Å²) in [4.78, 5) is 27.7. The topological polar surface area (TPSA) is 81.9 Å². The number of rotatable bonds is 5. The van der Waals surface area contributed by atoms with Gasteiger partial charge in [-0.1, -0.05) is 34.4 Å². The molecule has 1 aromatic heterocycles. The highest BCUT2D eigenvalue weighted by Crippen LogP contribution is 2.46. The molecule has 7 nitrogen and oxygen atoms in total. The molecule has 35 heavy (non-hydrogen) atoms. The smallest absolute Gasteiger partial charge is 0.410 e. The van der Waals surface area contributed by atoms with E-state index in [9.17, 15) is 9.59 Å². The molecule has 1 amide bonds. The van der Waals surface area contributed by atoms with Gasteiger partial charge in [-0.25, -0.2) is 4.79 Å². The van der Waals surface area contributed by atoms with E-state index in [1.54, 1.807) is 18.2 Å². The van der Waals surface area contributed by atoms with Crippen LogP contribution in [0.25, 0.3) is 11.3 Å². The van der Waals surface area contributed by atoms with Crippen LogP contribution in [0.3, 0.4) is 0 Å². The molecule has 0 N–H and O–H groups in total. The number of hydrogen-bond acceptors (Lipinski definition) is 6. The van der Waals surface area contributed by atoms with E-state index in [0.717, 1.165) is 25.7 Å². The molecule has 2 saturated heterocycles. The Kier molecular flexibility index (Phi) is 6.51. The van der Waals surface area contributed by atoms with E-state index in [2.05, 4.69) is 5.16 Å². The van der Waals surface area contributed by atoms with Gasteiger partial charge in [-0.2, -0.15) is 0 Å². The molecule has 3 fully saturated rings. The molecule has 5 rings (SSSR count). The van der Waals surface area contributed by atoms with Crippen molar-refractivity contribution >= 4 is 35.3 Å². The summed E-state index contributed by atoms with van der Waals surface area (Å²) in [7, 11) is 0. The number of aromatic nitrogens is 1. The van der Waals surface area contributed by atoms with Gasteiger partial charge < -0.3 is 18.9 Å². The summed E-state index contributed by atoms with van der Waals surface area (Å²) in [5.74, 6) is 0.635. The maximum absolute atomic E-state index is 13.1. The lowest BCUT2D eigenvalue weighted by atomic mass is 9.99. The highest BCUT2D eigenvalue weighted by molar-refractivity contribution is 6.39. The van der Waals surface area contributed by atoms with E-state index in [1.807, 2.05) is 25.7 Å². The Bertz CT molecular complexity index is 1100. The number of ether oxygens (including phenoxy) is 2. The standard InChI is InChI=1S/C26H30Cl2N2O5/c1-26(2,3)34-25(32)30-15-9-10-16(30)12-17(11-15)33-21(31)13-18-23(29-35-24(18)14-7-8-14)22-19(27)5-4-6-20(22)28/h4-6,14-17H,7-13H2,1-3H3/t15-,16+,17+. The number of esters is 1. The van der Waals surface area contributed by atoms with Crippen molar-refractivity contribution in [3.05, 3.63) is 39.6 Å². The first-order valence-electron chi connectivity index (χ1n) is 12.2. The fraction of sp³-hybridized carbons (Fsp3) is 0.577. The second-order valence-corrected chi connectivity index (χ2v) is 11.6. The average Bonchev–Trinajstić information content (AvgIpc) is 3.46. The highest BCUT2D eigenvalue weighted by atomic mass is 35.5.